The van der Waals surface area contributed by atoms with Gasteiger partial charge in [0.2, 0.25) is 0 Å². The van der Waals surface area contributed by atoms with Gasteiger partial charge in [0.25, 0.3) is 0 Å². The Bertz CT molecular complexity index is 647. The second kappa shape index (κ2) is 5.72. The highest BCUT2D eigenvalue weighted by Crippen LogP contribution is 2.50. The summed E-state index contributed by atoms with van der Waals surface area (Å²) >= 11 is 0. The number of carbonyl (C=O) groups excluding carboxylic acids is 1. The molecule has 23 heavy (non-hydrogen) atoms. The molecule has 0 spiro atoms. The van der Waals surface area contributed by atoms with Gasteiger partial charge >= 0.3 is 11.7 Å². The predicted octanol–water partition coefficient (Wildman–Crippen LogP) is 2.38. The zero-order chi connectivity index (χ0) is 16.6. The topological polar surface area (TPSA) is 81.9 Å². The first-order valence-electron chi connectivity index (χ1n) is 7.67. The van der Waals surface area contributed by atoms with Gasteiger partial charge in [-0.3, -0.25) is 14.9 Å². The third kappa shape index (κ3) is 2.40. The summed E-state index contributed by atoms with van der Waals surface area (Å²) in [6.07, 6.45) is 2.89. The van der Waals surface area contributed by atoms with Crippen molar-refractivity contribution < 1.29 is 19.2 Å². The number of ether oxygens (including phenoxy) is 2. The van der Waals surface area contributed by atoms with Gasteiger partial charge in [0.05, 0.1) is 24.6 Å². The summed E-state index contributed by atoms with van der Waals surface area (Å²) in [7, 11) is 2.85. The lowest BCUT2D eigenvalue weighted by atomic mass is 9.81. The molecule has 2 fully saturated rings. The van der Waals surface area contributed by atoms with Crippen LogP contribution in [0.15, 0.2) is 18.2 Å². The normalized spacial score (nSPS) is 26.0. The quantitative estimate of drug-likeness (QED) is 0.481. The molecule has 2 atom stereocenters. The van der Waals surface area contributed by atoms with E-state index in [9.17, 15) is 14.9 Å². The maximum absolute atomic E-state index is 12.3. The first kappa shape index (κ1) is 15.6. The highest BCUT2D eigenvalue weighted by Gasteiger charge is 2.55. The Hall–Kier alpha value is -2.31. The first-order valence-corrected chi connectivity index (χ1v) is 7.67. The zero-order valence-electron chi connectivity index (χ0n) is 13.3. The van der Waals surface area contributed by atoms with Gasteiger partial charge in [0, 0.05) is 30.9 Å². The van der Waals surface area contributed by atoms with Crippen molar-refractivity contribution in [3.63, 3.8) is 0 Å². The van der Waals surface area contributed by atoms with E-state index in [0.717, 1.165) is 31.5 Å². The molecule has 0 bridgehead atoms. The van der Waals surface area contributed by atoms with E-state index in [0.29, 0.717) is 6.54 Å². The molecule has 1 saturated carbocycles. The molecule has 1 aromatic rings. The van der Waals surface area contributed by atoms with E-state index < -0.39 is 10.3 Å². The Morgan fingerprint density at radius 3 is 2.87 bits per heavy atom. The van der Waals surface area contributed by atoms with Gasteiger partial charge in [-0.05, 0) is 24.8 Å². The molecule has 2 aliphatic rings. The molecule has 0 amide bonds. The Balaban J connectivity index is 1.90. The second-order valence-corrected chi connectivity index (χ2v) is 6.23. The Morgan fingerprint density at radius 1 is 1.43 bits per heavy atom. The van der Waals surface area contributed by atoms with Crippen molar-refractivity contribution in [3.8, 4) is 5.75 Å². The van der Waals surface area contributed by atoms with Crippen LogP contribution in [0.2, 0.25) is 0 Å². The number of nitro groups is 1. The molecule has 7 heteroatoms. The Kier molecular flexibility index (Phi) is 3.87. The number of nitro benzene ring substituents is 1. The minimum absolute atomic E-state index is 0.0571. The summed E-state index contributed by atoms with van der Waals surface area (Å²) in [6.45, 7) is 1.35. The van der Waals surface area contributed by atoms with Crippen LogP contribution in [0.25, 0.3) is 0 Å². The van der Waals surface area contributed by atoms with Gasteiger partial charge in [-0.15, -0.1) is 0 Å². The van der Waals surface area contributed by atoms with Gasteiger partial charge in [-0.2, -0.15) is 0 Å². The zero-order valence-corrected chi connectivity index (χ0v) is 13.3. The van der Waals surface area contributed by atoms with E-state index >= 15 is 0 Å². The SMILES string of the molecule is COC(=O)C12CCCC1CN(c1ccc([N+](=O)[O-])c(OC)c1)C2. The maximum atomic E-state index is 12.3. The molecule has 1 heterocycles. The van der Waals surface area contributed by atoms with Crippen LogP contribution in [0, 0.1) is 21.4 Å². The van der Waals surface area contributed by atoms with Crippen molar-refractivity contribution in [1.82, 2.24) is 0 Å². The number of esters is 1. The van der Waals surface area contributed by atoms with E-state index in [-0.39, 0.29) is 23.3 Å². The van der Waals surface area contributed by atoms with Crippen LogP contribution < -0.4 is 9.64 Å². The number of anilines is 1. The van der Waals surface area contributed by atoms with Gasteiger partial charge in [-0.25, -0.2) is 0 Å². The smallest absolute Gasteiger partial charge is 0.313 e. The molecule has 7 nitrogen and oxygen atoms in total. The van der Waals surface area contributed by atoms with E-state index in [1.165, 1.54) is 20.3 Å². The lowest BCUT2D eigenvalue weighted by Gasteiger charge is -2.26. The summed E-state index contributed by atoms with van der Waals surface area (Å²) in [6, 6.07) is 4.84. The summed E-state index contributed by atoms with van der Waals surface area (Å²) in [5.74, 6) is 0.365. The summed E-state index contributed by atoms with van der Waals surface area (Å²) in [5, 5.41) is 11.0. The third-order valence-electron chi connectivity index (χ3n) is 5.19. The minimum Gasteiger partial charge on any atom is -0.490 e. The molecule has 124 valence electrons. The average molecular weight is 320 g/mol. The van der Waals surface area contributed by atoms with E-state index in [1.807, 2.05) is 0 Å². The van der Waals surface area contributed by atoms with Crippen molar-refractivity contribution in [2.75, 3.05) is 32.2 Å². The molecule has 1 aromatic carbocycles. The monoisotopic (exact) mass is 320 g/mol. The van der Waals surface area contributed by atoms with Crippen LogP contribution in [0.1, 0.15) is 19.3 Å². The van der Waals surface area contributed by atoms with Crippen molar-refractivity contribution in [2.45, 2.75) is 19.3 Å². The number of carbonyl (C=O) groups is 1. The van der Waals surface area contributed by atoms with Crippen molar-refractivity contribution in [1.29, 1.82) is 0 Å². The molecular weight excluding hydrogens is 300 g/mol. The molecule has 0 aromatic heterocycles. The largest absolute Gasteiger partial charge is 0.490 e. The molecule has 0 radical (unpaired) electrons. The fraction of sp³-hybridized carbons (Fsp3) is 0.562. The van der Waals surface area contributed by atoms with E-state index in [4.69, 9.17) is 9.47 Å². The number of hydrogen-bond acceptors (Lipinski definition) is 6. The molecule has 0 N–H and O–H groups in total. The van der Waals surface area contributed by atoms with Crippen molar-refractivity contribution >= 4 is 17.3 Å². The fourth-order valence-corrected chi connectivity index (χ4v) is 4.04. The number of rotatable bonds is 4. The standard InChI is InChI=1S/C16H20N2O5/c1-22-14-8-12(5-6-13(14)18(20)21)17-9-11-4-3-7-16(11,10-17)15(19)23-2/h5-6,8,11H,3-4,7,9-10H2,1-2H3. The number of benzene rings is 1. The number of hydrogen-bond donors (Lipinski definition) is 0. The van der Waals surface area contributed by atoms with Gasteiger partial charge in [-0.1, -0.05) is 6.42 Å². The summed E-state index contributed by atoms with van der Waals surface area (Å²) in [4.78, 5) is 24.9. The second-order valence-electron chi connectivity index (χ2n) is 6.23. The van der Waals surface area contributed by atoms with E-state index in [2.05, 4.69) is 4.90 Å². The summed E-state index contributed by atoms with van der Waals surface area (Å²) < 4.78 is 10.2. The van der Waals surface area contributed by atoms with Crippen LogP contribution in [-0.4, -0.2) is 38.2 Å². The predicted molar refractivity (Wildman–Crippen MR) is 83.7 cm³/mol. The van der Waals surface area contributed by atoms with Crippen molar-refractivity contribution in [2.24, 2.45) is 11.3 Å². The van der Waals surface area contributed by atoms with Crippen LogP contribution in [0.5, 0.6) is 5.75 Å². The average Bonchev–Trinajstić information content (AvgIpc) is 3.11. The molecule has 1 aliphatic heterocycles. The highest BCUT2D eigenvalue weighted by atomic mass is 16.6. The fourth-order valence-electron chi connectivity index (χ4n) is 4.04. The lowest BCUT2D eigenvalue weighted by Crippen LogP contribution is -2.36. The van der Waals surface area contributed by atoms with Crippen LogP contribution in [-0.2, 0) is 9.53 Å². The lowest BCUT2D eigenvalue weighted by molar-refractivity contribution is -0.385. The number of nitrogens with zero attached hydrogens (tertiary/aromatic N) is 2. The van der Waals surface area contributed by atoms with E-state index in [1.54, 1.807) is 12.1 Å². The molecular formula is C16H20N2O5. The van der Waals surface area contributed by atoms with Crippen LogP contribution in [0.3, 0.4) is 0 Å². The van der Waals surface area contributed by atoms with Crippen LogP contribution in [0.4, 0.5) is 11.4 Å². The molecule has 1 aliphatic carbocycles. The Labute approximate surface area is 134 Å². The van der Waals surface area contributed by atoms with Crippen LogP contribution >= 0.6 is 0 Å². The van der Waals surface area contributed by atoms with Crippen molar-refractivity contribution in [3.05, 3.63) is 28.3 Å². The molecule has 2 unspecified atom stereocenters. The number of methoxy groups -OCH3 is 2. The number of fused-ring (bicyclic) bond motifs is 1. The molecule has 1 saturated heterocycles. The summed E-state index contributed by atoms with van der Waals surface area (Å²) in [5.41, 5.74) is 0.340. The first-order chi connectivity index (χ1) is 11.0. The maximum Gasteiger partial charge on any atom is 0.313 e. The van der Waals surface area contributed by atoms with Gasteiger partial charge in [0.15, 0.2) is 5.75 Å². The van der Waals surface area contributed by atoms with Gasteiger partial charge in [0.1, 0.15) is 0 Å². The third-order valence-corrected chi connectivity index (χ3v) is 5.19. The molecule has 3 rings (SSSR count). The Morgan fingerprint density at radius 2 is 2.22 bits per heavy atom. The highest BCUT2D eigenvalue weighted by molar-refractivity contribution is 5.80. The van der Waals surface area contributed by atoms with Gasteiger partial charge < -0.3 is 14.4 Å². The minimum atomic E-state index is -0.461.